The van der Waals surface area contributed by atoms with Gasteiger partial charge >= 0.3 is 7.12 Å². The van der Waals surface area contributed by atoms with Gasteiger partial charge < -0.3 is 18.8 Å². The maximum absolute atomic E-state index is 6.07. The van der Waals surface area contributed by atoms with Gasteiger partial charge in [-0.1, -0.05) is 27.4 Å². The quantitative estimate of drug-likeness (QED) is 0.621. The predicted octanol–water partition coefficient (Wildman–Crippen LogP) is 3.29. The summed E-state index contributed by atoms with van der Waals surface area (Å²) in [5, 5.41) is 0.889. The summed E-state index contributed by atoms with van der Waals surface area (Å²) < 4.78 is 23.4. The summed E-state index contributed by atoms with van der Waals surface area (Å²) in [7, 11) is 3.93. The van der Waals surface area contributed by atoms with E-state index >= 15 is 0 Å². The molecule has 1 fully saturated rings. The van der Waals surface area contributed by atoms with Gasteiger partial charge in [0.15, 0.2) is 0 Å². The summed E-state index contributed by atoms with van der Waals surface area (Å²) in [6, 6.07) is 13.5. The fraction of sp³-hybridized carbons (Fsp3) is 0.368. The first-order valence-corrected chi connectivity index (χ1v) is 8.87. The van der Waals surface area contributed by atoms with Crippen molar-refractivity contribution in [3.8, 4) is 17.2 Å². The van der Waals surface area contributed by atoms with Crippen LogP contribution in [0.4, 0.5) is 0 Å². The van der Waals surface area contributed by atoms with E-state index in [1.165, 1.54) is 0 Å². The van der Waals surface area contributed by atoms with Crippen molar-refractivity contribution in [3.63, 3.8) is 0 Å². The van der Waals surface area contributed by atoms with Crippen LogP contribution >= 0.6 is 9.24 Å². The lowest BCUT2D eigenvalue weighted by atomic mass is 9.79. The Morgan fingerprint density at radius 2 is 1.44 bits per heavy atom. The smallest absolute Gasteiger partial charge is 0.494 e. The molecule has 0 saturated carbocycles. The minimum Gasteiger partial charge on any atom is -0.496 e. The van der Waals surface area contributed by atoms with Crippen molar-refractivity contribution in [2.24, 2.45) is 0 Å². The zero-order chi connectivity index (χ0) is 18.2. The van der Waals surface area contributed by atoms with Gasteiger partial charge in [-0.15, -0.1) is 0 Å². The van der Waals surface area contributed by atoms with Crippen molar-refractivity contribution >= 4 is 27.1 Å². The molecular weight excluding hydrogens is 334 g/mol. The fourth-order valence-electron chi connectivity index (χ4n) is 2.59. The lowest BCUT2D eigenvalue weighted by Crippen LogP contribution is -2.41. The van der Waals surface area contributed by atoms with Crippen LogP contribution in [-0.2, 0) is 9.31 Å². The van der Waals surface area contributed by atoms with Gasteiger partial charge in [0.2, 0.25) is 0 Å². The molecule has 1 heterocycles. The zero-order valence-corrected chi connectivity index (χ0v) is 16.5. The molecule has 2 aromatic carbocycles. The molecule has 3 rings (SSSR count). The van der Waals surface area contributed by atoms with Crippen molar-refractivity contribution in [3.05, 3.63) is 42.5 Å². The van der Waals surface area contributed by atoms with Gasteiger partial charge in [0.25, 0.3) is 0 Å². The second kappa shape index (κ2) is 6.64. The van der Waals surface area contributed by atoms with Crippen LogP contribution in [0.5, 0.6) is 17.2 Å². The summed E-state index contributed by atoms with van der Waals surface area (Å²) in [5.41, 5.74) is 0.284. The molecule has 1 atom stereocenters. The summed E-state index contributed by atoms with van der Waals surface area (Å²) in [6.07, 6.45) is 0. The van der Waals surface area contributed by atoms with Crippen LogP contribution in [0.25, 0.3) is 0 Å². The van der Waals surface area contributed by atoms with E-state index in [-0.39, 0.29) is 18.3 Å². The number of hydrogen-bond donors (Lipinski definition) is 0. The van der Waals surface area contributed by atoms with Gasteiger partial charge in [-0.3, -0.25) is 0 Å². The number of ether oxygens (including phenoxy) is 2. The van der Waals surface area contributed by atoms with Crippen LogP contribution in [0.1, 0.15) is 27.7 Å². The van der Waals surface area contributed by atoms with E-state index in [9.17, 15) is 0 Å². The molecule has 1 unspecified atom stereocenters. The first-order valence-electron chi connectivity index (χ1n) is 8.29. The molecule has 2 aromatic rings. The first kappa shape index (κ1) is 18.3. The molecule has 1 saturated heterocycles. The largest absolute Gasteiger partial charge is 0.496 e. The van der Waals surface area contributed by atoms with Crippen molar-refractivity contribution in [1.82, 2.24) is 0 Å². The maximum atomic E-state index is 6.07. The van der Waals surface area contributed by atoms with Crippen LogP contribution in [0, 0.1) is 0 Å². The lowest BCUT2D eigenvalue weighted by Gasteiger charge is -2.32. The Kier molecular flexibility index (Phi) is 4.85. The minimum absolute atomic E-state index is 0.345. The van der Waals surface area contributed by atoms with Crippen molar-refractivity contribution in [2.75, 3.05) is 7.11 Å². The van der Waals surface area contributed by atoms with E-state index in [4.69, 9.17) is 18.8 Å². The molecule has 0 bridgehead atoms. The molecule has 0 radical (unpaired) electrons. The highest BCUT2D eigenvalue weighted by molar-refractivity contribution is 7.28. The normalized spacial score (nSPS) is 18.2. The monoisotopic (exact) mass is 358 g/mol. The van der Waals surface area contributed by atoms with E-state index in [1.807, 2.05) is 70.2 Å². The highest BCUT2D eigenvalue weighted by Crippen LogP contribution is 2.36. The van der Waals surface area contributed by atoms with Crippen molar-refractivity contribution in [2.45, 2.75) is 38.9 Å². The Balaban J connectivity index is 1.76. The third-order valence-electron chi connectivity index (χ3n) is 4.88. The molecule has 0 spiro atoms. The van der Waals surface area contributed by atoms with Gasteiger partial charge in [-0.05, 0) is 57.4 Å². The van der Waals surface area contributed by atoms with E-state index < -0.39 is 0 Å². The molecule has 1 aliphatic heterocycles. The van der Waals surface area contributed by atoms with Crippen LogP contribution in [0.3, 0.4) is 0 Å². The zero-order valence-electron chi connectivity index (χ0n) is 15.3. The Hall–Kier alpha value is -1.55. The Bertz CT molecular complexity index is 743. The van der Waals surface area contributed by atoms with Crippen LogP contribution in [-0.4, -0.2) is 25.4 Å². The molecule has 0 aromatic heterocycles. The number of rotatable bonds is 4. The van der Waals surface area contributed by atoms with Crippen LogP contribution < -0.4 is 20.2 Å². The van der Waals surface area contributed by atoms with Gasteiger partial charge in [0.05, 0.1) is 23.6 Å². The van der Waals surface area contributed by atoms with E-state index in [1.54, 1.807) is 7.11 Å². The summed E-state index contributed by atoms with van der Waals surface area (Å²) in [4.78, 5) is 0. The van der Waals surface area contributed by atoms with Crippen molar-refractivity contribution in [1.29, 1.82) is 0 Å². The standard InChI is InChI=1S/C19H24BO4P/c1-18(2)19(3,4)24-20(23-18)13-9-11-14(12-10-13)22-16-8-6-7-15(21-5)17(16)25/h6-12H,25H2,1-5H3. The number of hydrogen-bond acceptors (Lipinski definition) is 4. The second-order valence-electron chi connectivity index (χ2n) is 7.13. The fourth-order valence-corrected chi connectivity index (χ4v) is 2.96. The molecule has 132 valence electrons. The second-order valence-corrected chi connectivity index (χ2v) is 7.71. The summed E-state index contributed by atoms with van der Waals surface area (Å²) >= 11 is 0. The molecular formula is C19H24BO4P. The topological polar surface area (TPSA) is 36.9 Å². The first-order chi connectivity index (χ1) is 11.7. The molecule has 0 amide bonds. The Labute approximate surface area is 152 Å². The highest BCUT2D eigenvalue weighted by atomic mass is 31.0. The van der Waals surface area contributed by atoms with Gasteiger partial charge in [-0.25, -0.2) is 0 Å². The molecule has 25 heavy (non-hydrogen) atoms. The summed E-state index contributed by atoms with van der Waals surface area (Å²) in [6.45, 7) is 8.20. The van der Waals surface area contributed by atoms with Gasteiger partial charge in [0.1, 0.15) is 17.2 Å². The lowest BCUT2D eigenvalue weighted by molar-refractivity contribution is 0.00578. The molecule has 4 nitrogen and oxygen atoms in total. The molecule has 6 heteroatoms. The van der Waals surface area contributed by atoms with Gasteiger partial charge in [-0.2, -0.15) is 0 Å². The third-order valence-corrected chi connectivity index (χ3v) is 5.45. The van der Waals surface area contributed by atoms with Gasteiger partial charge in [0, 0.05) is 0 Å². The number of benzene rings is 2. The average molecular weight is 358 g/mol. The van der Waals surface area contributed by atoms with E-state index in [0.29, 0.717) is 0 Å². The van der Waals surface area contributed by atoms with E-state index in [2.05, 4.69) is 9.24 Å². The predicted molar refractivity (Wildman–Crippen MR) is 105 cm³/mol. The molecule has 1 aliphatic rings. The molecule has 0 N–H and O–H groups in total. The Morgan fingerprint density at radius 3 is 2.00 bits per heavy atom. The highest BCUT2D eigenvalue weighted by Gasteiger charge is 2.51. The van der Waals surface area contributed by atoms with E-state index in [0.717, 1.165) is 28.0 Å². The SMILES string of the molecule is COc1cccc(Oc2ccc(B3OC(C)(C)C(C)(C)O3)cc2)c1P. The molecule has 0 aliphatic carbocycles. The summed E-state index contributed by atoms with van der Waals surface area (Å²) in [5.74, 6) is 2.27. The Morgan fingerprint density at radius 1 is 0.880 bits per heavy atom. The minimum atomic E-state index is -0.367. The number of methoxy groups -OCH3 is 1. The maximum Gasteiger partial charge on any atom is 0.494 e. The third kappa shape index (κ3) is 3.55. The van der Waals surface area contributed by atoms with Crippen molar-refractivity contribution < 1.29 is 18.8 Å². The van der Waals surface area contributed by atoms with Crippen LogP contribution in [0.15, 0.2) is 42.5 Å². The average Bonchev–Trinajstić information content (AvgIpc) is 2.78. The van der Waals surface area contributed by atoms with Crippen LogP contribution in [0.2, 0.25) is 0 Å².